The molecule has 0 saturated carbocycles. The van der Waals surface area contributed by atoms with E-state index < -0.39 is 18.7 Å². The van der Waals surface area contributed by atoms with E-state index in [4.69, 9.17) is 5.11 Å². The molecule has 0 spiro atoms. The van der Waals surface area contributed by atoms with Crippen molar-refractivity contribution < 1.29 is 22.8 Å². The Morgan fingerprint density at radius 2 is 2.22 bits per heavy atom. The van der Waals surface area contributed by atoms with E-state index in [2.05, 4.69) is 19.8 Å². The Balaban J connectivity index is 2.12. The number of alkyl halides is 3. The molecule has 0 amide bonds. The van der Waals surface area contributed by atoms with Gasteiger partial charge in [0.1, 0.15) is 0 Å². The molecule has 1 atom stereocenters. The lowest BCUT2D eigenvalue weighted by molar-refractivity contribution is -0.204. The number of nitrogens with zero attached hydrogens (tertiary/aromatic N) is 4. The molecule has 6 nitrogen and oxygen atoms in total. The summed E-state index contributed by atoms with van der Waals surface area (Å²) >= 11 is 0. The Bertz CT molecular complexity index is 534. The SMILES string of the molecule is Cn1cc(-c2noc(CC(O)C(F)(F)F)n2)cn1. The van der Waals surface area contributed by atoms with Crippen LogP contribution in [0.2, 0.25) is 0 Å². The Morgan fingerprint density at radius 1 is 1.50 bits per heavy atom. The van der Waals surface area contributed by atoms with Crippen molar-refractivity contribution in [2.24, 2.45) is 7.05 Å². The van der Waals surface area contributed by atoms with Crippen LogP contribution in [0.15, 0.2) is 16.9 Å². The zero-order valence-electron chi connectivity index (χ0n) is 9.22. The van der Waals surface area contributed by atoms with Crippen molar-refractivity contribution in [1.29, 1.82) is 0 Å². The lowest BCUT2D eigenvalue weighted by Crippen LogP contribution is -2.30. The fraction of sp³-hybridized carbons (Fsp3) is 0.444. The molecule has 0 fully saturated rings. The Labute approximate surface area is 99.0 Å². The van der Waals surface area contributed by atoms with E-state index in [0.717, 1.165) is 0 Å². The first-order valence-electron chi connectivity index (χ1n) is 4.92. The smallest absolute Gasteiger partial charge is 0.383 e. The number of hydrogen-bond acceptors (Lipinski definition) is 5. The van der Waals surface area contributed by atoms with Gasteiger partial charge in [-0.05, 0) is 0 Å². The van der Waals surface area contributed by atoms with Gasteiger partial charge in [0.2, 0.25) is 11.7 Å². The van der Waals surface area contributed by atoms with E-state index in [-0.39, 0.29) is 11.7 Å². The molecule has 0 aromatic carbocycles. The summed E-state index contributed by atoms with van der Waals surface area (Å²) in [6, 6.07) is 0. The monoisotopic (exact) mass is 262 g/mol. The van der Waals surface area contributed by atoms with Gasteiger partial charge in [-0.2, -0.15) is 23.3 Å². The highest BCUT2D eigenvalue weighted by Crippen LogP contribution is 2.23. The molecule has 0 saturated heterocycles. The lowest BCUT2D eigenvalue weighted by Gasteiger charge is -2.11. The van der Waals surface area contributed by atoms with Gasteiger partial charge in [-0.25, -0.2) is 0 Å². The second-order valence-electron chi connectivity index (χ2n) is 3.68. The van der Waals surface area contributed by atoms with Crippen LogP contribution in [0, 0.1) is 0 Å². The van der Waals surface area contributed by atoms with Crippen molar-refractivity contribution in [3.8, 4) is 11.4 Å². The quantitative estimate of drug-likeness (QED) is 0.890. The minimum Gasteiger partial charge on any atom is -0.383 e. The lowest BCUT2D eigenvalue weighted by atomic mass is 10.2. The maximum absolute atomic E-state index is 12.1. The summed E-state index contributed by atoms with van der Waals surface area (Å²) < 4.78 is 42.5. The van der Waals surface area contributed by atoms with Crippen molar-refractivity contribution >= 4 is 0 Å². The third kappa shape index (κ3) is 2.67. The second-order valence-corrected chi connectivity index (χ2v) is 3.68. The molecule has 2 aromatic rings. The van der Waals surface area contributed by atoms with E-state index in [1.54, 1.807) is 13.2 Å². The van der Waals surface area contributed by atoms with Crippen LogP contribution in [0.5, 0.6) is 0 Å². The fourth-order valence-corrected chi connectivity index (χ4v) is 1.27. The summed E-state index contributed by atoms with van der Waals surface area (Å²) in [5, 5.41) is 16.2. The molecular formula is C9H9F3N4O2. The van der Waals surface area contributed by atoms with Crippen LogP contribution in [0.4, 0.5) is 13.2 Å². The van der Waals surface area contributed by atoms with E-state index in [1.807, 2.05) is 0 Å². The molecule has 2 heterocycles. The van der Waals surface area contributed by atoms with E-state index in [1.165, 1.54) is 10.9 Å². The van der Waals surface area contributed by atoms with Gasteiger partial charge in [-0.3, -0.25) is 4.68 Å². The highest BCUT2D eigenvalue weighted by Gasteiger charge is 2.39. The molecule has 2 rings (SSSR count). The normalized spacial score (nSPS) is 13.8. The first kappa shape index (κ1) is 12.6. The molecule has 0 aliphatic carbocycles. The minimum atomic E-state index is -4.71. The van der Waals surface area contributed by atoms with Gasteiger partial charge < -0.3 is 9.63 Å². The summed E-state index contributed by atoms with van der Waals surface area (Å²) in [4.78, 5) is 3.76. The van der Waals surface area contributed by atoms with Gasteiger partial charge in [0, 0.05) is 13.2 Å². The summed E-state index contributed by atoms with van der Waals surface area (Å²) in [5.41, 5.74) is 0.522. The average Bonchev–Trinajstić information content (AvgIpc) is 2.85. The van der Waals surface area contributed by atoms with Gasteiger partial charge >= 0.3 is 6.18 Å². The Morgan fingerprint density at radius 3 is 2.78 bits per heavy atom. The molecule has 0 radical (unpaired) electrons. The van der Waals surface area contributed by atoms with Crippen LogP contribution in [0.1, 0.15) is 5.89 Å². The first-order valence-corrected chi connectivity index (χ1v) is 4.92. The Hall–Kier alpha value is -1.90. The van der Waals surface area contributed by atoms with E-state index >= 15 is 0 Å². The molecule has 0 aliphatic rings. The van der Waals surface area contributed by atoms with Crippen LogP contribution in [0.3, 0.4) is 0 Å². The summed E-state index contributed by atoms with van der Waals surface area (Å²) in [6.07, 6.45) is -4.94. The first-order chi connectivity index (χ1) is 8.36. The summed E-state index contributed by atoms with van der Waals surface area (Å²) in [5.74, 6) is -0.147. The van der Waals surface area contributed by atoms with Gasteiger partial charge in [-0.1, -0.05) is 5.16 Å². The molecule has 0 aliphatic heterocycles. The second kappa shape index (κ2) is 4.41. The number of rotatable bonds is 3. The molecular weight excluding hydrogens is 253 g/mol. The van der Waals surface area contributed by atoms with Crippen molar-refractivity contribution in [2.45, 2.75) is 18.7 Å². The van der Waals surface area contributed by atoms with Crippen molar-refractivity contribution in [3.63, 3.8) is 0 Å². The average molecular weight is 262 g/mol. The zero-order valence-corrected chi connectivity index (χ0v) is 9.22. The highest BCUT2D eigenvalue weighted by atomic mass is 19.4. The van der Waals surface area contributed by atoms with E-state index in [0.29, 0.717) is 5.56 Å². The van der Waals surface area contributed by atoms with Gasteiger partial charge in [0.25, 0.3) is 0 Å². The molecule has 18 heavy (non-hydrogen) atoms. The fourth-order valence-electron chi connectivity index (χ4n) is 1.27. The predicted octanol–water partition coefficient (Wildman–Crippen LogP) is 0.936. The summed E-state index contributed by atoms with van der Waals surface area (Å²) in [7, 11) is 1.68. The molecule has 1 N–H and O–H groups in total. The number of aryl methyl sites for hydroxylation is 1. The molecule has 98 valence electrons. The number of hydrogen-bond donors (Lipinski definition) is 1. The third-order valence-electron chi connectivity index (χ3n) is 2.18. The number of halogens is 3. The maximum Gasteiger partial charge on any atom is 0.414 e. The van der Waals surface area contributed by atoms with Gasteiger partial charge in [0.15, 0.2) is 6.10 Å². The number of aliphatic hydroxyl groups is 1. The van der Waals surface area contributed by atoms with Gasteiger partial charge in [0.05, 0.1) is 18.2 Å². The topological polar surface area (TPSA) is 77.0 Å². The number of aliphatic hydroxyl groups excluding tert-OH is 1. The molecule has 0 bridgehead atoms. The van der Waals surface area contributed by atoms with Crippen molar-refractivity contribution in [3.05, 3.63) is 18.3 Å². The van der Waals surface area contributed by atoms with Crippen LogP contribution < -0.4 is 0 Å². The van der Waals surface area contributed by atoms with Crippen LogP contribution in [0.25, 0.3) is 11.4 Å². The third-order valence-corrected chi connectivity index (χ3v) is 2.18. The minimum absolute atomic E-state index is 0.132. The molecule has 9 heteroatoms. The van der Waals surface area contributed by atoms with Crippen LogP contribution >= 0.6 is 0 Å². The Kier molecular flexibility index (Phi) is 3.07. The predicted molar refractivity (Wildman–Crippen MR) is 52.3 cm³/mol. The number of aromatic nitrogens is 4. The van der Waals surface area contributed by atoms with Crippen molar-refractivity contribution in [1.82, 2.24) is 19.9 Å². The standard InChI is InChI=1S/C9H9F3N4O2/c1-16-4-5(3-13-16)8-14-7(18-15-8)2-6(17)9(10,11)12/h3-4,6,17H,2H2,1H3. The van der Waals surface area contributed by atoms with Crippen LogP contribution in [-0.4, -0.2) is 37.3 Å². The zero-order chi connectivity index (χ0) is 13.3. The highest BCUT2D eigenvalue weighted by molar-refractivity contribution is 5.50. The van der Waals surface area contributed by atoms with E-state index in [9.17, 15) is 13.2 Å². The maximum atomic E-state index is 12.1. The molecule has 2 aromatic heterocycles. The van der Waals surface area contributed by atoms with Gasteiger partial charge in [-0.15, -0.1) is 0 Å². The largest absolute Gasteiger partial charge is 0.414 e. The summed E-state index contributed by atoms with van der Waals surface area (Å²) in [6.45, 7) is 0. The molecule has 1 unspecified atom stereocenters. The van der Waals surface area contributed by atoms with Crippen molar-refractivity contribution in [2.75, 3.05) is 0 Å². The van der Waals surface area contributed by atoms with Crippen LogP contribution in [-0.2, 0) is 13.5 Å².